The van der Waals surface area contributed by atoms with Crippen molar-refractivity contribution in [3.05, 3.63) is 28.8 Å². The lowest BCUT2D eigenvalue weighted by Gasteiger charge is -2.08. The second kappa shape index (κ2) is 3.53. The zero-order chi connectivity index (χ0) is 10.9. The van der Waals surface area contributed by atoms with E-state index in [-0.39, 0.29) is 4.90 Å². The Hall–Kier alpha value is -1.16. The van der Waals surface area contributed by atoms with E-state index in [9.17, 15) is 8.42 Å². The van der Waals surface area contributed by atoms with Gasteiger partial charge in [0.2, 0.25) is 0 Å². The highest BCUT2D eigenvalue weighted by atomic mass is 32.2. The van der Waals surface area contributed by atoms with Gasteiger partial charge in [0.1, 0.15) is 0 Å². The van der Waals surface area contributed by atoms with E-state index in [4.69, 9.17) is 0 Å². The third-order valence-electron chi connectivity index (χ3n) is 2.03. The van der Waals surface area contributed by atoms with Crippen LogP contribution in [0.3, 0.4) is 0 Å². The molecule has 1 rings (SSSR count). The molecule has 0 atom stereocenters. The Balaban J connectivity index is 3.59. The van der Waals surface area contributed by atoms with Crippen molar-refractivity contribution in [1.29, 1.82) is 0 Å². The minimum atomic E-state index is -3.56. The minimum absolute atomic E-state index is 0.276. The molecule has 0 aliphatic heterocycles. The highest BCUT2D eigenvalue weighted by Gasteiger charge is 2.17. The quantitative estimate of drug-likeness (QED) is 0.702. The third-order valence-corrected chi connectivity index (χ3v) is 3.53. The van der Waals surface area contributed by atoms with Gasteiger partial charge in [-0.25, -0.2) is 0 Å². The maximum atomic E-state index is 11.5. The van der Waals surface area contributed by atoms with Crippen LogP contribution in [0.5, 0.6) is 0 Å². The van der Waals surface area contributed by atoms with Crippen molar-refractivity contribution in [2.45, 2.75) is 25.7 Å². The molecular weight excluding hydrogens is 198 g/mol. The Morgan fingerprint density at radius 1 is 1.14 bits per heavy atom. The van der Waals surface area contributed by atoms with Gasteiger partial charge in [0.15, 0.2) is 0 Å². The average molecular weight is 211 g/mol. The molecule has 0 N–H and O–H groups in total. The molecule has 3 nitrogen and oxygen atoms in total. The Bertz CT molecular complexity index is 452. The van der Waals surface area contributed by atoms with Crippen LogP contribution in [0.2, 0.25) is 0 Å². The van der Waals surface area contributed by atoms with Crippen LogP contribution < -0.4 is 0 Å². The van der Waals surface area contributed by atoms with E-state index in [2.05, 4.69) is 11.1 Å². The lowest BCUT2D eigenvalue weighted by molar-refractivity contribution is 0.597. The Kier molecular flexibility index (Phi) is 2.76. The van der Waals surface area contributed by atoms with Crippen LogP contribution in [-0.2, 0) is 10.0 Å². The lowest BCUT2D eigenvalue weighted by Crippen LogP contribution is -2.02. The third kappa shape index (κ3) is 1.85. The van der Waals surface area contributed by atoms with Crippen LogP contribution in [0.1, 0.15) is 16.7 Å². The van der Waals surface area contributed by atoms with Gasteiger partial charge in [0.25, 0.3) is 10.0 Å². The topological polar surface area (TPSA) is 46.5 Å². The van der Waals surface area contributed by atoms with Crippen molar-refractivity contribution in [2.24, 2.45) is 4.40 Å². The monoisotopic (exact) mass is 211 g/mol. The first-order valence-electron chi connectivity index (χ1n) is 4.19. The van der Waals surface area contributed by atoms with Gasteiger partial charge in [-0.05, 0) is 31.9 Å². The molecule has 0 amide bonds. The Morgan fingerprint density at radius 2 is 1.57 bits per heavy atom. The van der Waals surface area contributed by atoms with E-state index in [1.165, 1.54) is 0 Å². The molecule has 0 aliphatic rings. The summed E-state index contributed by atoms with van der Waals surface area (Å²) >= 11 is 0. The maximum Gasteiger partial charge on any atom is 0.282 e. The van der Waals surface area contributed by atoms with Gasteiger partial charge >= 0.3 is 0 Å². The first kappa shape index (κ1) is 10.9. The fraction of sp³-hybridized carbons (Fsp3) is 0.300. The zero-order valence-electron chi connectivity index (χ0n) is 8.53. The molecule has 4 heteroatoms. The van der Waals surface area contributed by atoms with E-state index in [1.54, 1.807) is 13.8 Å². The highest BCUT2D eigenvalue weighted by Crippen LogP contribution is 2.22. The molecule has 0 fully saturated rings. The van der Waals surface area contributed by atoms with Crippen molar-refractivity contribution < 1.29 is 8.42 Å². The van der Waals surface area contributed by atoms with Gasteiger partial charge in [0, 0.05) is 6.72 Å². The first-order chi connectivity index (χ1) is 6.38. The van der Waals surface area contributed by atoms with E-state index in [0.717, 1.165) is 16.7 Å². The average Bonchev–Trinajstić information content (AvgIpc) is 2.01. The Labute approximate surface area is 84.5 Å². The van der Waals surface area contributed by atoms with Crippen LogP contribution >= 0.6 is 0 Å². The van der Waals surface area contributed by atoms with Gasteiger partial charge in [-0.1, -0.05) is 17.7 Å². The number of nitrogens with zero attached hydrogens (tertiary/aromatic N) is 1. The molecule has 0 saturated carbocycles. The number of sulfonamides is 1. The summed E-state index contributed by atoms with van der Waals surface area (Å²) in [6.07, 6.45) is 0. The molecule has 0 heterocycles. The largest absolute Gasteiger partial charge is 0.282 e. The van der Waals surface area contributed by atoms with Crippen LogP contribution in [0.4, 0.5) is 0 Å². The van der Waals surface area contributed by atoms with Crippen LogP contribution in [0.25, 0.3) is 0 Å². The standard InChI is InChI=1S/C10H13NO2S/c1-7-5-8(2)10(9(3)6-7)14(12,13)11-4/h5-6H,4H2,1-3H3. The molecule has 14 heavy (non-hydrogen) atoms. The number of rotatable bonds is 2. The molecule has 0 bridgehead atoms. The maximum absolute atomic E-state index is 11.5. The zero-order valence-corrected chi connectivity index (χ0v) is 9.35. The summed E-state index contributed by atoms with van der Waals surface area (Å²) in [7, 11) is -3.56. The fourth-order valence-electron chi connectivity index (χ4n) is 1.64. The van der Waals surface area contributed by atoms with Crippen molar-refractivity contribution >= 4 is 16.7 Å². The molecule has 0 aromatic heterocycles. The number of aryl methyl sites for hydroxylation is 3. The molecule has 76 valence electrons. The van der Waals surface area contributed by atoms with Gasteiger partial charge in [-0.3, -0.25) is 0 Å². The summed E-state index contributed by atoms with van der Waals surface area (Å²) in [5, 5.41) is 0. The summed E-state index contributed by atoms with van der Waals surface area (Å²) in [6, 6.07) is 3.65. The number of benzene rings is 1. The van der Waals surface area contributed by atoms with Crippen molar-refractivity contribution in [3.8, 4) is 0 Å². The fourth-order valence-corrected chi connectivity index (χ4v) is 2.70. The van der Waals surface area contributed by atoms with Gasteiger partial charge in [-0.15, -0.1) is 0 Å². The molecule has 0 saturated heterocycles. The molecule has 0 aliphatic carbocycles. The summed E-state index contributed by atoms with van der Waals surface area (Å²) < 4.78 is 26.2. The summed E-state index contributed by atoms with van der Waals surface area (Å²) in [4.78, 5) is 0.276. The Morgan fingerprint density at radius 3 is 1.93 bits per heavy atom. The molecule has 1 aromatic carbocycles. The molecule has 0 radical (unpaired) electrons. The van der Waals surface area contributed by atoms with Crippen LogP contribution in [0.15, 0.2) is 21.4 Å². The normalized spacial score (nSPS) is 11.4. The van der Waals surface area contributed by atoms with E-state index in [0.29, 0.717) is 0 Å². The van der Waals surface area contributed by atoms with E-state index < -0.39 is 10.0 Å². The first-order valence-corrected chi connectivity index (χ1v) is 5.63. The SMILES string of the molecule is C=NS(=O)(=O)c1c(C)cc(C)cc1C. The predicted molar refractivity (Wildman–Crippen MR) is 57.4 cm³/mol. The lowest BCUT2D eigenvalue weighted by atomic mass is 10.1. The summed E-state index contributed by atoms with van der Waals surface area (Å²) in [5.41, 5.74) is 2.48. The van der Waals surface area contributed by atoms with Gasteiger partial charge < -0.3 is 0 Å². The molecule has 0 unspecified atom stereocenters. The van der Waals surface area contributed by atoms with Crippen molar-refractivity contribution in [2.75, 3.05) is 0 Å². The summed E-state index contributed by atoms with van der Waals surface area (Å²) in [5.74, 6) is 0. The smallest absolute Gasteiger partial charge is 0.199 e. The van der Waals surface area contributed by atoms with Crippen molar-refractivity contribution in [1.82, 2.24) is 0 Å². The van der Waals surface area contributed by atoms with Gasteiger partial charge in [0.05, 0.1) is 4.90 Å². The molecule has 0 spiro atoms. The van der Waals surface area contributed by atoms with Crippen molar-refractivity contribution in [3.63, 3.8) is 0 Å². The van der Waals surface area contributed by atoms with Crippen LogP contribution in [-0.4, -0.2) is 15.1 Å². The molecular formula is C10H13NO2S. The number of hydrogen-bond donors (Lipinski definition) is 0. The predicted octanol–water partition coefficient (Wildman–Crippen LogP) is 2.00. The second-order valence-electron chi connectivity index (χ2n) is 3.33. The molecule has 1 aromatic rings. The van der Waals surface area contributed by atoms with E-state index in [1.807, 2.05) is 19.1 Å². The highest BCUT2D eigenvalue weighted by molar-refractivity contribution is 7.90. The van der Waals surface area contributed by atoms with Crippen LogP contribution in [0, 0.1) is 20.8 Å². The van der Waals surface area contributed by atoms with E-state index >= 15 is 0 Å². The second-order valence-corrected chi connectivity index (χ2v) is 4.95. The summed E-state index contributed by atoms with van der Waals surface area (Å²) in [6.45, 7) is 8.53. The van der Waals surface area contributed by atoms with Gasteiger partial charge in [-0.2, -0.15) is 12.8 Å². The minimum Gasteiger partial charge on any atom is -0.199 e. The number of hydrogen-bond acceptors (Lipinski definition) is 2.